The number of aromatic nitrogens is 1. The predicted octanol–water partition coefficient (Wildman–Crippen LogP) is 4.21. The molecule has 0 radical (unpaired) electrons. The van der Waals surface area contributed by atoms with Crippen LogP contribution in [0.2, 0.25) is 5.02 Å². The third kappa shape index (κ3) is 3.31. The van der Waals surface area contributed by atoms with E-state index in [4.69, 9.17) is 11.6 Å². The van der Waals surface area contributed by atoms with E-state index >= 15 is 0 Å². The zero-order chi connectivity index (χ0) is 13.0. The topological polar surface area (TPSA) is 24.9 Å². The van der Waals surface area contributed by atoms with Crippen molar-refractivity contribution in [2.24, 2.45) is 0 Å². The zero-order valence-electron chi connectivity index (χ0n) is 10.6. The number of hydrogen-bond donors (Lipinski definition) is 1. The molecule has 0 aliphatic heterocycles. The predicted molar refractivity (Wildman–Crippen MR) is 78.2 cm³/mol. The molecule has 2 nitrogen and oxygen atoms in total. The molecule has 4 heteroatoms. The van der Waals surface area contributed by atoms with Crippen molar-refractivity contribution in [1.29, 1.82) is 0 Å². The van der Waals surface area contributed by atoms with Crippen LogP contribution >= 0.6 is 22.9 Å². The van der Waals surface area contributed by atoms with E-state index in [-0.39, 0.29) is 6.04 Å². The minimum atomic E-state index is 0.242. The minimum absolute atomic E-state index is 0.242. The van der Waals surface area contributed by atoms with Gasteiger partial charge in [-0.3, -0.25) is 0 Å². The summed E-state index contributed by atoms with van der Waals surface area (Å²) in [5.74, 6) is 0. The monoisotopic (exact) mass is 280 g/mol. The lowest BCUT2D eigenvalue weighted by molar-refractivity contribution is 0.578. The van der Waals surface area contributed by atoms with Gasteiger partial charge in [-0.2, -0.15) is 0 Å². The molecule has 1 heterocycles. The van der Waals surface area contributed by atoms with Gasteiger partial charge in [0.15, 0.2) is 0 Å². The Hall–Kier alpha value is -0.900. The second kappa shape index (κ2) is 6.32. The van der Waals surface area contributed by atoms with Crippen molar-refractivity contribution in [3.63, 3.8) is 0 Å². The molecular formula is C14H17ClN2S. The fourth-order valence-electron chi connectivity index (χ4n) is 1.78. The van der Waals surface area contributed by atoms with Crippen LogP contribution in [0.15, 0.2) is 30.5 Å². The lowest BCUT2D eigenvalue weighted by atomic mass is 10.1. The first kappa shape index (κ1) is 13.5. The average molecular weight is 281 g/mol. The number of halogens is 1. The Kier molecular flexibility index (Phi) is 4.75. The molecule has 1 N–H and O–H groups in total. The van der Waals surface area contributed by atoms with Crippen LogP contribution in [0.3, 0.4) is 0 Å². The van der Waals surface area contributed by atoms with Gasteiger partial charge >= 0.3 is 0 Å². The number of benzene rings is 1. The first-order chi connectivity index (χ1) is 8.70. The third-order valence-electron chi connectivity index (χ3n) is 2.86. The molecule has 0 unspecified atom stereocenters. The van der Waals surface area contributed by atoms with Crippen LogP contribution in [-0.4, -0.2) is 4.98 Å². The maximum atomic E-state index is 6.18. The van der Waals surface area contributed by atoms with Crippen molar-refractivity contribution in [2.75, 3.05) is 0 Å². The molecule has 2 aromatic rings. The Balaban J connectivity index is 1.96. The van der Waals surface area contributed by atoms with Gasteiger partial charge in [-0.05, 0) is 25.0 Å². The number of thiazole rings is 1. The number of nitrogens with zero attached hydrogens (tertiary/aromatic N) is 1. The largest absolute Gasteiger partial charge is 0.305 e. The summed E-state index contributed by atoms with van der Waals surface area (Å²) in [6.07, 6.45) is 2.96. The van der Waals surface area contributed by atoms with Crippen LogP contribution in [-0.2, 0) is 13.0 Å². The van der Waals surface area contributed by atoms with Crippen LogP contribution in [0.1, 0.15) is 35.3 Å². The van der Waals surface area contributed by atoms with Crippen molar-refractivity contribution in [3.8, 4) is 0 Å². The van der Waals surface area contributed by atoms with Crippen LogP contribution < -0.4 is 5.32 Å². The number of hydrogen-bond acceptors (Lipinski definition) is 3. The highest BCUT2D eigenvalue weighted by molar-refractivity contribution is 7.11. The molecule has 0 bridgehead atoms. The minimum Gasteiger partial charge on any atom is -0.305 e. The highest BCUT2D eigenvalue weighted by Crippen LogP contribution is 2.23. The van der Waals surface area contributed by atoms with Crippen molar-refractivity contribution < 1.29 is 0 Å². The van der Waals surface area contributed by atoms with Crippen LogP contribution in [0, 0.1) is 0 Å². The van der Waals surface area contributed by atoms with E-state index in [1.54, 1.807) is 11.3 Å². The van der Waals surface area contributed by atoms with E-state index in [1.165, 1.54) is 9.88 Å². The molecule has 0 aliphatic carbocycles. The van der Waals surface area contributed by atoms with Gasteiger partial charge in [-0.1, -0.05) is 36.7 Å². The molecule has 1 aromatic heterocycles. The fourth-order valence-corrected chi connectivity index (χ4v) is 2.90. The normalized spacial score (nSPS) is 12.6. The summed E-state index contributed by atoms with van der Waals surface area (Å²) in [6, 6.07) is 8.20. The van der Waals surface area contributed by atoms with E-state index in [2.05, 4.69) is 30.2 Å². The first-order valence-corrected chi connectivity index (χ1v) is 7.31. The first-order valence-electron chi connectivity index (χ1n) is 6.12. The molecular weight excluding hydrogens is 264 g/mol. The molecule has 2 rings (SSSR count). The van der Waals surface area contributed by atoms with E-state index in [0.29, 0.717) is 0 Å². The van der Waals surface area contributed by atoms with Gasteiger partial charge in [-0.15, -0.1) is 11.3 Å². The van der Waals surface area contributed by atoms with Gasteiger partial charge in [0.05, 0.1) is 5.01 Å². The van der Waals surface area contributed by atoms with Crippen molar-refractivity contribution in [2.45, 2.75) is 32.9 Å². The summed E-state index contributed by atoms with van der Waals surface area (Å²) < 4.78 is 0. The van der Waals surface area contributed by atoms with Gasteiger partial charge in [0, 0.05) is 28.7 Å². The SMILES string of the molecule is CCc1ncc(CN[C@H](C)c2ccccc2Cl)s1. The molecule has 1 atom stereocenters. The van der Waals surface area contributed by atoms with Crippen molar-refractivity contribution >= 4 is 22.9 Å². The lowest BCUT2D eigenvalue weighted by Crippen LogP contribution is -2.17. The molecule has 0 fully saturated rings. The van der Waals surface area contributed by atoms with Gasteiger partial charge in [-0.25, -0.2) is 4.98 Å². The summed E-state index contributed by atoms with van der Waals surface area (Å²) in [6.45, 7) is 5.09. The summed E-state index contributed by atoms with van der Waals surface area (Å²) in [5, 5.41) is 5.49. The second-order valence-corrected chi connectivity index (χ2v) is 5.80. The number of rotatable bonds is 5. The molecule has 0 saturated heterocycles. The Bertz CT molecular complexity index is 510. The summed E-state index contributed by atoms with van der Waals surface area (Å²) in [5.41, 5.74) is 1.14. The molecule has 0 amide bonds. The van der Waals surface area contributed by atoms with E-state index in [9.17, 15) is 0 Å². The fraction of sp³-hybridized carbons (Fsp3) is 0.357. The molecule has 1 aromatic carbocycles. The third-order valence-corrected chi connectivity index (χ3v) is 4.34. The average Bonchev–Trinajstić information content (AvgIpc) is 2.84. The Morgan fingerprint density at radius 3 is 2.83 bits per heavy atom. The summed E-state index contributed by atoms with van der Waals surface area (Å²) in [7, 11) is 0. The highest BCUT2D eigenvalue weighted by Gasteiger charge is 2.09. The molecule has 0 aliphatic rings. The van der Waals surface area contributed by atoms with Gasteiger partial charge in [0.1, 0.15) is 0 Å². The maximum Gasteiger partial charge on any atom is 0.0925 e. The Labute approximate surface area is 117 Å². The van der Waals surface area contributed by atoms with Crippen LogP contribution in [0.4, 0.5) is 0 Å². The van der Waals surface area contributed by atoms with Crippen molar-refractivity contribution in [3.05, 3.63) is 50.9 Å². The molecule has 0 saturated carbocycles. The summed E-state index contributed by atoms with van der Waals surface area (Å²) >= 11 is 7.95. The van der Waals surface area contributed by atoms with Gasteiger partial charge in [0.2, 0.25) is 0 Å². The Morgan fingerprint density at radius 1 is 1.39 bits per heavy atom. The summed E-state index contributed by atoms with van der Waals surface area (Å²) in [4.78, 5) is 5.62. The standard InChI is InChI=1S/C14H17ClN2S/c1-3-14-17-9-11(18-14)8-16-10(2)12-6-4-5-7-13(12)15/h4-7,9-10,16H,3,8H2,1-2H3/t10-/m1/s1. The number of aryl methyl sites for hydroxylation is 1. The maximum absolute atomic E-state index is 6.18. The second-order valence-electron chi connectivity index (χ2n) is 4.20. The van der Waals surface area contributed by atoms with Crippen LogP contribution in [0.25, 0.3) is 0 Å². The molecule has 96 valence electrons. The quantitative estimate of drug-likeness (QED) is 0.887. The van der Waals surface area contributed by atoms with Gasteiger partial charge in [0.25, 0.3) is 0 Å². The Morgan fingerprint density at radius 2 is 2.17 bits per heavy atom. The zero-order valence-corrected chi connectivity index (χ0v) is 12.2. The van der Waals surface area contributed by atoms with Crippen molar-refractivity contribution in [1.82, 2.24) is 10.3 Å². The highest BCUT2D eigenvalue weighted by atomic mass is 35.5. The smallest absolute Gasteiger partial charge is 0.0925 e. The lowest BCUT2D eigenvalue weighted by Gasteiger charge is -2.14. The number of nitrogens with one attached hydrogen (secondary N) is 1. The van der Waals surface area contributed by atoms with Gasteiger partial charge < -0.3 is 5.32 Å². The molecule has 18 heavy (non-hydrogen) atoms. The van der Waals surface area contributed by atoms with E-state index < -0.39 is 0 Å². The molecule has 0 spiro atoms. The van der Waals surface area contributed by atoms with Crippen LogP contribution in [0.5, 0.6) is 0 Å². The van der Waals surface area contributed by atoms with E-state index in [1.807, 2.05) is 24.4 Å². The van der Waals surface area contributed by atoms with E-state index in [0.717, 1.165) is 23.6 Å².